The lowest BCUT2D eigenvalue weighted by Gasteiger charge is -2.15. The predicted octanol–water partition coefficient (Wildman–Crippen LogP) is 4.47. The highest BCUT2D eigenvalue weighted by Crippen LogP contribution is 2.24. The molecule has 0 radical (unpaired) electrons. The van der Waals surface area contributed by atoms with E-state index in [0.717, 1.165) is 16.8 Å². The Morgan fingerprint density at radius 3 is 2.17 bits per heavy atom. The maximum absolute atomic E-state index is 13.0. The molecule has 0 fully saturated rings. The van der Waals surface area contributed by atoms with Crippen LogP contribution in [-0.2, 0) is 9.53 Å². The van der Waals surface area contributed by atoms with Crippen LogP contribution in [0.15, 0.2) is 83.7 Å². The predicted molar refractivity (Wildman–Crippen MR) is 124 cm³/mol. The van der Waals surface area contributed by atoms with Crippen molar-refractivity contribution >= 4 is 28.3 Å². The number of carbonyl (C=O) groups is 2. The normalized spacial score (nSPS) is 12.1. The minimum Gasteiger partial charge on any atom is -0.448 e. The summed E-state index contributed by atoms with van der Waals surface area (Å²) in [6.07, 6.45) is -6.13. The van der Waals surface area contributed by atoms with E-state index in [-0.39, 0.29) is 22.2 Å². The van der Waals surface area contributed by atoms with Crippen molar-refractivity contribution < 1.29 is 32.2 Å². The number of nitrogens with zero attached hydrogens (tertiary/aromatic N) is 2. The van der Waals surface area contributed by atoms with Crippen molar-refractivity contribution in [3.05, 3.63) is 94.9 Å². The molecule has 36 heavy (non-hydrogen) atoms. The Balaban J connectivity index is 1.54. The zero-order chi connectivity index (χ0) is 25.9. The molecule has 0 spiro atoms. The molecular weight excluding hydrogens is 479 g/mol. The van der Waals surface area contributed by atoms with E-state index in [0.29, 0.717) is 5.69 Å². The van der Waals surface area contributed by atoms with E-state index in [1.54, 1.807) is 54.6 Å². The monoisotopic (exact) mass is 497 g/mol. The molecule has 3 aromatic carbocycles. The maximum Gasteiger partial charge on any atom is 0.573 e. The molecule has 4 rings (SSSR count). The number of esters is 1. The van der Waals surface area contributed by atoms with Gasteiger partial charge in [-0.25, -0.2) is 4.79 Å². The first-order chi connectivity index (χ1) is 17.1. The molecule has 1 amide bonds. The molecule has 0 bridgehead atoms. The zero-order valence-corrected chi connectivity index (χ0v) is 18.7. The minimum absolute atomic E-state index is 0.164. The molecule has 184 valence electrons. The standard InChI is InChI=1S/C25H18F3N3O5/c1-15(22(32)29-16-11-13-18(14-12-16)36-25(26,27)28)35-24(34)21-19-9-5-6-10-20(19)23(33)31(30-21)17-7-3-2-4-8-17/h2-15H,1H3,(H,29,32). The fraction of sp³-hybridized carbons (Fsp3) is 0.120. The highest BCUT2D eigenvalue weighted by Gasteiger charge is 2.31. The molecular formula is C25H18F3N3O5. The third-order valence-corrected chi connectivity index (χ3v) is 5.01. The van der Waals surface area contributed by atoms with Crippen LogP contribution in [0.25, 0.3) is 16.5 Å². The molecule has 1 atom stereocenters. The summed E-state index contributed by atoms with van der Waals surface area (Å²) >= 11 is 0. The zero-order valence-electron chi connectivity index (χ0n) is 18.7. The Kier molecular flexibility index (Phi) is 6.73. The molecule has 0 saturated heterocycles. The third kappa shape index (κ3) is 5.52. The molecule has 0 saturated carbocycles. The van der Waals surface area contributed by atoms with Crippen LogP contribution < -0.4 is 15.6 Å². The van der Waals surface area contributed by atoms with E-state index in [2.05, 4.69) is 15.2 Å². The van der Waals surface area contributed by atoms with E-state index in [4.69, 9.17) is 4.74 Å². The second-order valence-corrected chi connectivity index (χ2v) is 7.56. The molecule has 1 unspecified atom stereocenters. The summed E-state index contributed by atoms with van der Waals surface area (Å²) in [5.41, 5.74) is 0.00381. The Morgan fingerprint density at radius 2 is 1.53 bits per heavy atom. The Hall–Kier alpha value is -4.67. The number of halogens is 3. The number of alkyl halides is 3. The third-order valence-electron chi connectivity index (χ3n) is 5.01. The molecule has 8 nitrogen and oxygen atoms in total. The van der Waals surface area contributed by atoms with Gasteiger partial charge in [0.15, 0.2) is 11.8 Å². The topological polar surface area (TPSA) is 99.5 Å². The number of ether oxygens (including phenoxy) is 2. The summed E-state index contributed by atoms with van der Waals surface area (Å²) in [4.78, 5) is 38.5. The smallest absolute Gasteiger partial charge is 0.448 e. The number of hydrogen-bond donors (Lipinski definition) is 1. The van der Waals surface area contributed by atoms with Crippen molar-refractivity contribution in [2.75, 3.05) is 5.32 Å². The van der Waals surface area contributed by atoms with Crippen LogP contribution in [-0.4, -0.2) is 34.1 Å². The number of para-hydroxylation sites is 1. The first-order valence-electron chi connectivity index (χ1n) is 10.6. The number of fused-ring (bicyclic) bond motifs is 1. The molecule has 0 aliphatic heterocycles. The van der Waals surface area contributed by atoms with E-state index in [1.807, 2.05) is 0 Å². The van der Waals surface area contributed by atoms with Gasteiger partial charge in [0.2, 0.25) is 0 Å². The van der Waals surface area contributed by atoms with Crippen molar-refractivity contribution in [1.82, 2.24) is 9.78 Å². The van der Waals surface area contributed by atoms with Crippen LogP contribution >= 0.6 is 0 Å². The van der Waals surface area contributed by atoms with E-state index in [1.165, 1.54) is 19.1 Å². The van der Waals surface area contributed by atoms with E-state index < -0.39 is 35.7 Å². The SMILES string of the molecule is CC(OC(=O)c1nn(-c2ccccc2)c(=O)c2ccccc12)C(=O)Nc1ccc(OC(F)(F)F)cc1. The van der Waals surface area contributed by atoms with Crippen LogP contribution in [0, 0.1) is 0 Å². The lowest BCUT2D eigenvalue weighted by atomic mass is 10.1. The Labute approximate surface area is 201 Å². The first kappa shape index (κ1) is 24.5. The minimum atomic E-state index is -4.84. The van der Waals surface area contributed by atoms with E-state index >= 15 is 0 Å². The van der Waals surface area contributed by atoms with Gasteiger partial charge in [-0.1, -0.05) is 36.4 Å². The second-order valence-electron chi connectivity index (χ2n) is 7.56. The number of carbonyl (C=O) groups excluding carboxylic acids is 2. The lowest BCUT2D eigenvalue weighted by Crippen LogP contribution is -2.31. The Bertz CT molecular complexity index is 1470. The summed E-state index contributed by atoms with van der Waals surface area (Å²) in [5.74, 6) is -2.12. The van der Waals surface area contributed by atoms with Crippen molar-refractivity contribution in [1.29, 1.82) is 0 Å². The Morgan fingerprint density at radius 1 is 0.917 bits per heavy atom. The average molecular weight is 497 g/mol. The fourth-order valence-electron chi connectivity index (χ4n) is 3.34. The molecule has 4 aromatic rings. The first-order valence-corrected chi connectivity index (χ1v) is 10.6. The van der Waals surface area contributed by atoms with Gasteiger partial charge in [0.1, 0.15) is 5.75 Å². The van der Waals surface area contributed by atoms with Gasteiger partial charge in [0.05, 0.1) is 11.1 Å². The van der Waals surface area contributed by atoms with Crippen LogP contribution in [0.4, 0.5) is 18.9 Å². The molecule has 11 heteroatoms. The lowest BCUT2D eigenvalue weighted by molar-refractivity contribution is -0.274. The number of anilines is 1. The summed E-state index contributed by atoms with van der Waals surface area (Å²) in [6.45, 7) is 1.32. The summed E-state index contributed by atoms with van der Waals surface area (Å²) in [7, 11) is 0. The number of amides is 1. The molecule has 1 aromatic heterocycles. The van der Waals surface area contributed by atoms with Crippen LogP contribution in [0.2, 0.25) is 0 Å². The van der Waals surface area contributed by atoms with Crippen LogP contribution in [0.3, 0.4) is 0 Å². The fourth-order valence-corrected chi connectivity index (χ4v) is 3.34. The average Bonchev–Trinajstić information content (AvgIpc) is 2.85. The molecule has 1 N–H and O–H groups in total. The summed E-state index contributed by atoms with van der Waals surface area (Å²) in [6, 6.07) is 19.4. The van der Waals surface area contributed by atoms with Gasteiger partial charge >= 0.3 is 12.3 Å². The quantitative estimate of drug-likeness (QED) is 0.395. The highest BCUT2D eigenvalue weighted by molar-refractivity contribution is 6.03. The van der Waals surface area contributed by atoms with Gasteiger partial charge in [-0.05, 0) is 49.4 Å². The van der Waals surface area contributed by atoms with Gasteiger partial charge in [0, 0.05) is 11.1 Å². The van der Waals surface area contributed by atoms with Gasteiger partial charge < -0.3 is 14.8 Å². The second kappa shape index (κ2) is 9.90. The molecule has 0 aliphatic carbocycles. The molecule has 1 heterocycles. The van der Waals surface area contributed by atoms with Crippen molar-refractivity contribution in [3.63, 3.8) is 0 Å². The molecule has 0 aliphatic rings. The number of benzene rings is 3. The van der Waals surface area contributed by atoms with Crippen LogP contribution in [0.1, 0.15) is 17.4 Å². The maximum atomic E-state index is 13.0. The highest BCUT2D eigenvalue weighted by atomic mass is 19.4. The number of nitrogens with one attached hydrogen (secondary N) is 1. The number of aromatic nitrogens is 2. The summed E-state index contributed by atoms with van der Waals surface area (Å²) in [5, 5.41) is 7.14. The van der Waals surface area contributed by atoms with Gasteiger partial charge in [0.25, 0.3) is 11.5 Å². The van der Waals surface area contributed by atoms with Crippen molar-refractivity contribution in [2.45, 2.75) is 19.4 Å². The summed E-state index contributed by atoms with van der Waals surface area (Å²) < 4.78 is 47.0. The van der Waals surface area contributed by atoms with Gasteiger partial charge in [-0.15, -0.1) is 13.2 Å². The van der Waals surface area contributed by atoms with Crippen molar-refractivity contribution in [3.8, 4) is 11.4 Å². The van der Waals surface area contributed by atoms with Gasteiger partial charge in [-0.3, -0.25) is 9.59 Å². The largest absolute Gasteiger partial charge is 0.573 e. The van der Waals surface area contributed by atoms with E-state index in [9.17, 15) is 27.6 Å². The van der Waals surface area contributed by atoms with Gasteiger partial charge in [-0.2, -0.15) is 9.78 Å². The number of hydrogen-bond acceptors (Lipinski definition) is 6. The van der Waals surface area contributed by atoms with Crippen molar-refractivity contribution in [2.24, 2.45) is 0 Å². The van der Waals surface area contributed by atoms with Crippen LogP contribution in [0.5, 0.6) is 5.75 Å². The number of rotatable bonds is 6.